The van der Waals surface area contributed by atoms with E-state index in [2.05, 4.69) is 41.7 Å². The second-order valence-electron chi connectivity index (χ2n) is 8.61. The van der Waals surface area contributed by atoms with E-state index in [1.165, 1.54) is 11.1 Å². The molecule has 1 atom stereocenters. The summed E-state index contributed by atoms with van der Waals surface area (Å²) in [5.74, 6) is 0. The molecule has 0 aliphatic carbocycles. The van der Waals surface area contributed by atoms with Crippen molar-refractivity contribution in [2.24, 2.45) is 0 Å². The highest BCUT2D eigenvalue weighted by Crippen LogP contribution is 2.20. The highest BCUT2D eigenvalue weighted by Gasteiger charge is 2.20. The molecule has 4 heteroatoms. The van der Waals surface area contributed by atoms with Gasteiger partial charge in [0.25, 0.3) is 0 Å². The molecule has 0 bridgehead atoms. The van der Waals surface area contributed by atoms with Gasteiger partial charge in [-0.2, -0.15) is 0 Å². The van der Waals surface area contributed by atoms with Crippen molar-refractivity contribution in [2.45, 2.75) is 45.4 Å². The van der Waals surface area contributed by atoms with Gasteiger partial charge in [0.05, 0.1) is 19.3 Å². The van der Waals surface area contributed by atoms with E-state index in [-0.39, 0.29) is 6.04 Å². The van der Waals surface area contributed by atoms with Gasteiger partial charge < -0.3 is 14.8 Å². The molecule has 0 aliphatic rings. The number of amides is 1. The van der Waals surface area contributed by atoms with Crippen LogP contribution in [0.25, 0.3) is 11.1 Å². The standard InChI is InChI=1S/C27H31NO3/c1-27(2,3)31-26(29)28-25(20-30-19-22-10-6-4-7-11-22)18-21-14-16-24(17-15-21)23-12-8-5-9-13-23/h4-17,25H,18-20H2,1-3H3,(H,28,29)/t25-/m1/s1. The van der Waals surface area contributed by atoms with E-state index >= 15 is 0 Å². The third-order valence-electron chi connectivity index (χ3n) is 4.69. The molecular weight excluding hydrogens is 386 g/mol. The fourth-order valence-corrected chi connectivity index (χ4v) is 3.27. The minimum absolute atomic E-state index is 0.193. The Morgan fingerprint density at radius 3 is 2.00 bits per heavy atom. The molecule has 0 fully saturated rings. The molecule has 3 rings (SSSR count). The van der Waals surface area contributed by atoms with Crippen LogP contribution in [0.5, 0.6) is 0 Å². The molecule has 1 N–H and O–H groups in total. The van der Waals surface area contributed by atoms with Crippen LogP contribution in [-0.2, 0) is 22.5 Å². The predicted molar refractivity (Wildman–Crippen MR) is 125 cm³/mol. The summed E-state index contributed by atoms with van der Waals surface area (Å²) >= 11 is 0. The fourth-order valence-electron chi connectivity index (χ4n) is 3.27. The Labute approximate surface area is 185 Å². The van der Waals surface area contributed by atoms with Crippen LogP contribution in [-0.4, -0.2) is 24.3 Å². The highest BCUT2D eigenvalue weighted by molar-refractivity contribution is 5.68. The maximum Gasteiger partial charge on any atom is 0.407 e. The van der Waals surface area contributed by atoms with Crippen molar-refractivity contribution in [3.05, 3.63) is 96.1 Å². The van der Waals surface area contributed by atoms with Crippen molar-refractivity contribution in [2.75, 3.05) is 6.61 Å². The van der Waals surface area contributed by atoms with E-state index in [1.54, 1.807) is 0 Å². The van der Waals surface area contributed by atoms with Crippen LogP contribution in [0.3, 0.4) is 0 Å². The van der Waals surface area contributed by atoms with E-state index in [1.807, 2.05) is 69.3 Å². The molecule has 162 valence electrons. The smallest absolute Gasteiger partial charge is 0.407 e. The first-order valence-corrected chi connectivity index (χ1v) is 10.6. The normalized spacial score (nSPS) is 12.2. The van der Waals surface area contributed by atoms with E-state index in [0.717, 1.165) is 11.1 Å². The first-order valence-electron chi connectivity index (χ1n) is 10.6. The largest absolute Gasteiger partial charge is 0.444 e. The maximum atomic E-state index is 12.3. The molecule has 3 aromatic carbocycles. The van der Waals surface area contributed by atoms with Crippen LogP contribution < -0.4 is 5.32 Å². The van der Waals surface area contributed by atoms with E-state index < -0.39 is 11.7 Å². The zero-order chi connectivity index (χ0) is 22.1. The Bertz CT molecular complexity index is 932. The minimum Gasteiger partial charge on any atom is -0.444 e. The van der Waals surface area contributed by atoms with Crippen molar-refractivity contribution >= 4 is 6.09 Å². The number of alkyl carbamates (subject to hydrolysis) is 1. The number of carbonyl (C=O) groups excluding carboxylic acids is 1. The zero-order valence-corrected chi connectivity index (χ0v) is 18.5. The van der Waals surface area contributed by atoms with Crippen LogP contribution in [0.1, 0.15) is 31.9 Å². The van der Waals surface area contributed by atoms with E-state index in [9.17, 15) is 4.79 Å². The quantitative estimate of drug-likeness (QED) is 0.488. The average molecular weight is 418 g/mol. The first-order chi connectivity index (χ1) is 14.9. The molecule has 31 heavy (non-hydrogen) atoms. The monoisotopic (exact) mass is 417 g/mol. The fraction of sp³-hybridized carbons (Fsp3) is 0.296. The Hall–Kier alpha value is -3.11. The van der Waals surface area contributed by atoms with E-state index in [4.69, 9.17) is 9.47 Å². The van der Waals surface area contributed by atoms with Gasteiger partial charge in [-0.15, -0.1) is 0 Å². The lowest BCUT2D eigenvalue weighted by Crippen LogP contribution is -2.42. The van der Waals surface area contributed by atoms with E-state index in [0.29, 0.717) is 19.6 Å². The van der Waals surface area contributed by atoms with Crippen LogP contribution in [0.15, 0.2) is 84.9 Å². The molecule has 0 heterocycles. The summed E-state index contributed by atoms with van der Waals surface area (Å²) in [7, 11) is 0. The Kier molecular flexibility index (Phi) is 7.85. The van der Waals surface area contributed by atoms with Crippen molar-refractivity contribution in [3.63, 3.8) is 0 Å². The van der Waals surface area contributed by atoms with Gasteiger partial charge in [-0.3, -0.25) is 0 Å². The van der Waals surface area contributed by atoms with Crippen LogP contribution in [0.2, 0.25) is 0 Å². The number of carbonyl (C=O) groups is 1. The van der Waals surface area contributed by atoms with Crippen molar-refractivity contribution in [3.8, 4) is 11.1 Å². The molecule has 1 amide bonds. The lowest BCUT2D eigenvalue weighted by Gasteiger charge is -2.24. The number of benzene rings is 3. The number of rotatable bonds is 8. The molecule has 0 radical (unpaired) electrons. The number of hydrogen-bond acceptors (Lipinski definition) is 3. The van der Waals surface area contributed by atoms with Gasteiger partial charge in [0.1, 0.15) is 5.60 Å². The highest BCUT2D eigenvalue weighted by atomic mass is 16.6. The summed E-state index contributed by atoms with van der Waals surface area (Å²) in [6.07, 6.45) is 0.227. The van der Waals surface area contributed by atoms with Gasteiger partial charge in [0.2, 0.25) is 0 Å². The minimum atomic E-state index is -0.545. The summed E-state index contributed by atoms with van der Waals surface area (Å²) in [5, 5.41) is 2.97. The second-order valence-corrected chi connectivity index (χ2v) is 8.61. The molecule has 0 aromatic heterocycles. The van der Waals surface area contributed by atoms with Crippen LogP contribution in [0.4, 0.5) is 4.79 Å². The van der Waals surface area contributed by atoms with Gasteiger partial charge in [0.15, 0.2) is 0 Å². The summed E-state index contributed by atoms with van der Waals surface area (Å²) < 4.78 is 11.3. The van der Waals surface area contributed by atoms with Gasteiger partial charge in [-0.05, 0) is 49.4 Å². The Morgan fingerprint density at radius 2 is 1.39 bits per heavy atom. The Balaban J connectivity index is 1.63. The summed E-state index contributed by atoms with van der Waals surface area (Å²) in [6, 6.07) is 28.5. The average Bonchev–Trinajstić information content (AvgIpc) is 2.74. The topological polar surface area (TPSA) is 47.6 Å². The lowest BCUT2D eigenvalue weighted by molar-refractivity contribution is 0.0429. The van der Waals surface area contributed by atoms with Gasteiger partial charge in [0, 0.05) is 0 Å². The van der Waals surface area contributed by atoms with Gasteiger partial charge in [-0.25, -0.2) is 4.79 Å². The zero-order valence-electron chi connectivity index (χ0n) is 18.5. The van der Waals surface area contributed by atoms with Crippen LogP contribution in [0, 0.1) is 0 Å². The molecule has 0 spiro atoms. The predicted octanol–water partition coefficient (Wildman–Crippen LogP) is 6.01. The van der Waals surface area contributed by atoms with Crippen LogP contribution >= 0.6 is 0 Å². The van der Waals surface area contributed by atoms with Gasteiger partial charge >= 0.3 is 6.09 Å². The summed E-state index contributed by atoms with van der Waals surface area (Å²) in [6.45, 7) is 6.47. The Morgan fingerprint density at radius 1 is 0.806 bits per heavy atom. The maximum absolute atomic E-state index is 12.3. The third-order valence-corrected chi connectivity index (χ3v) is 4.69. The van der Waals surface area contributed by atoms with Gasteiger partial charge in [-0.1, -0.05) is 84.9 Å². The third kappa shape index (κ3) is 7.91. The SMILES string of the molecule is CC(C)(C)OC(=O)N[C@@H](COCc1ccccc1)Cc1ccc(-c2ccccc2)cc1. The second kappa shape index (κ2) is 10.8. The summed E-state index contributed by atoms with van der Waals surface area (Å²) in [5.41, 5.74) is 4.04. The number of nitrogens with one attached hydrogen (secondary N) is 1. The van der Waals surface area contributed by atoms with Crippen molar-refractivity contribution in [1.82, 2.24) is 5.32 Å². The molecule has 0 unspecified atom stereocenters. The molecule has 0 saturated heterocycles. The number of hydrogen-bond donors (Lipinski definition) is 1. The number of ether oxygens (including phenoxy) is 2. The van der Waals surface area contributed by atoms with Crippen molar-refractivity contribution in [1.29, 1.82) is 0 Å². The molecule has 4 nitrogen and oxygen atoms in total. The first kappa shape index (κ1) is 22.6. The molecule has 0 saturated carbocycles. The molecular formula is C27H31NO3. The summed E-state index contributed by atoms with van der Waals surface area (Å²) in [4.78, 5) is 12.3. The molecule has 0 aliphatic heterocycles. The lowest BCUT2D eigenvalue weighted by atomic mass is 10.0. The molecule has 3 aromatic rings. The van der Waals surface area contributed by atoms with Crippen molar-refractivity contribution < 1.29 is 14.3 Å².